The molecule has 2 atom stereocenters. The maximum absolute atomic E-state index is 12.1. The molecule has 0 aliphatic rings. The molecule has 0 aliphatic heterocycles. The number of aliphatic carboxylic acids is 1. The maximum atomic E-state index is 12.1. The Morgan fingerprint density at radius 2 is 1.78 bits per heavy atom. The lowest BCUT2D eigenvalue weighted by Gasteiger charge is -2.23. The lowest BCUT2D eigenvalue weighted by Crippen LogP contribution is -2.44. The Kier molecular flexibility index (Phi) is 10.3. The van der Waals surface area contributed by atoms with Crippen LogP contribution in [-0.2, 0) is 9.59 Å². The summed E-state index contributed by atoms with van der Waals surface area (Å²) in [6, 6.07) is 9.03. The molecule has 0 fully saturated rings. The first-order valence-electron chi connectivity index (χ1n) is 7.76. The van der Waals surface area contributed by atoms with Crippen molar-refractivity contribution in [2.75, 3.05) is 6.54 Å². The molecule has 0 spiro atoms. The van der Waals surface area contributed by atoms with Gasteiger partial charge in [-0.2, -0.15) is 0 Å². The molecule has 1 rings (SSSR count). The first-order chi connectivity index (χ1) is 10.5. The molecule has 1 amide bonds. The van der Waals surface area contributed by atoms with E-state index in [-0.39, 0.29) is 36.8 Å². The van der Waals surface area contributed by atoms with Gasteiger partial charge >= 0.3 is 5.97 Å². The molecule has 0 saturated heterocycles. The minimum absolute atomic E-state index is 0. The number of hydrogen-bond donors (Lipinski definition) is 3. The lowest BCUT2D eigenvalue weighted by molar-refractivity contribution is -0.139. The Balaban J connectivity index is 0.00000484. The zero-order valence-corrected chi connectivity index (χ0v) is 14.7. The van der Waals surface area contributed by atoms with E-state index in [2.05, 4.69) is 10.6 Å². The second kappa shape index (κ2) is 11.0. The van der Waals surface area contributed by atoms with Crippen molar-refractivity contribution in [1.82, 2.24) is 10.6 Å². The van der Waals surface area contributed by atoms with Crippen LogP contribution in [0.2, 0.25) is 0 Å². The third kappa shape index (κ3) is 7.48. The minimum Gasteiger partial charge on any atom is -0.480 e. The van der Waals surface area contributed by atoms with Gasteiger partial charge in [-0.25, -0.2) is 0 Å². The highest BCUT2D eigenvalue weighted by atomic mass is 35.5. The van der Waals surface area contributed by atoms with E-state index in [1.54, 1.807) is 0 Å². The van der Waals surface area contributed by atoms with Crippen LogP contribution >= 0.6 is 12.4 Å². The molecule has 130 valence electrons. The van der Waals surface area contributed by atoms with Crippen molar-refractivity contribution in [1.29, 1.82) is 0 Å². The van der Waals surface area contributed by atoms with Gasteiger partial charge in [0.15, 0.2) is 0 Å². The summed E-state index contributed by atoms with van der Waals surface area (Å²) in [6.07, 6.45) is 1.26. The van der Waals surface area contributed by atoms with Gasteiger partial charge in [-0.05, 0) is 17.9 Å². The number of carboxylic acid groups (broad SMARTS) is 1. The topological polar surface area (TPSA) is 78.4 Å². The summed E-state index contributed by atoms with van der Waals surface area (Å²) in [5, 5.41) is 14.8. The van der Waals surface area contributed by atoms with Crippen molar-refractivity contribution >= 4 is 24.3 Å². The first-order valence-corrected chi connectivity index (χ1v) is 7.76. The third-order valence-corrected chi connectivity index (χ3v) is 3.53. The van der Waals surface area contributed by atoms with Crippen LogP contribution in [0.25, 0.3) is 0 Å². The van der Waals surface area contributed by atoms with Crippen LogP contribution in [0.1, 0.15) is 45.2 Å². The van der Waals surface area contributed by atoms with Crippen LogP contribution < -0.4 is 10.6 Å². The Hall–Kier alpha value is -1.59. The van der Waals surface area contributed by atoms with E-state index in [0.29, 0.717) is 6.42 Å². The van der Waals surface area contributed by atoms with E-state index in [9.17, 15) is 9.59 Å². The largest absolute Gasteiger partial charge is 0.480 e. The molecule has 0 radical (unpaired) electrons. The second-order valence-corrected chi connectivity index (χ2v) is 5.76. The molecule has 23 heavy (non-hydrogen) atoms. The lowest BCUT2D eigenvalue weighted by atomic mass is 9.96. The third-order valence-electron chi connectivity index (χ3n) is 3.53. The molecule has 0 bridgehead atoms. The fourth-order valence-corrected chi connectivity index (χ4v) is 2.34. The fraction of sp³-hybridized carbons (Fsp3) is 0.529. The van der Waals surface area contributed by atoms with Gasteiger partial charge in [-0.3, -0.25) is 14.9 Å². The molecular formula is C17H27ClN2O3. The number of nitrogens with one attached hydrogen (secondary N) is 2. The van der Waals surface area contributed by atoms with Crippen LogP contribution in [0.15, 0.2) is 30.3 Å². The smallest absolute Gasteiger partial charge is 0.320 e. The molecular weight excluding hydrogens is 316 g/mol. The number of carbonyl (C=O) groups excluding carboxylic acids is 1. The Morgan fingerprint density at radius 1 is 1.17 bits per heavy atom. The Bertz CT molecular complexity index is 480. The summed E-state index contributed by atoms with van der Waals surface area (Å²) in [4.78, 5) is 23.2. The van der Waals surface area contributed by atoms with Gasteiger partial charge in [0.1, 0.15) is 6.04 Å². The molecule has 5 nitrogen and oxygen atoms in total. The van der Waals surface area contributed by atoms with Gasteiger partial charge in [0, 0.05) is 0 Å². The van der Waals surface area contributed by atoms with E-state index in [0.717, 1.165) is 12.0 Å². The summed E-state index contributed by atoms with van der Waals surface area (Å²) in [6.45, 7) is 6.01. The van der Waals surface area contributed by atoms with E-state index in [1.165, 1.54) is 0 Å². The minimum atomic E-state index is -0.918. The van der Waals surface area contributed by atoms with Gasteiger partial charge in [0.2, 0.25) is 5.91 Å². The van der Waals surface area contributed by atoms with Crippen molar-refractivity contribution in [3.63, 3.8) is 0 Å². The molecule has 1 aromatic carbocycles. The van der Waals surface area contributed by atoms with E-state index in [4.69, 9.17) is 5.11 Å². The monoisotopic (exact) mass is 342 g/mol. The molecule has 0 aliphatic carbocycles. The molecule has 0 saturated carbocycles. The SMILES string of the molecule is CCCC(NCC(=O)NC(c1ccccc1)C(C)C)C(=O)O.Cl. The molecule has 1 aromatic rings. The van der Waals surface area contributed by atoms with Crippen LogP contribution in [-0.4, -0.2) is 29.6 Å². The van der Waals surface area contributed by atoms with Gasteiger partial charge in [0.25, 0.3) is 0 Å². The van der Waals surface area contributed by atoms with E-state index in [1.807, 2.05) is 51.1 Å². The molecule has 3 N–H and O–H groups in total. The van der Waals surface area contributed by atoms with Gasteiger partial charge in [0.05, 0.1) is 12.6 Å². The van der Waals surface area contributed by atoms with E-state index < -0.39 is 12.0 Å². The average molecular weight is 343 g/mol. The van der Waals surface area contributed by atoms with Crippen molar-refractivity contribution in [3.05, 3.63) is 35.9 Å². The predicted octanol–water partition coefficient (Wildman–Crippen LogP) is 2.76. The number of halogens is 1. The number of hydrogen-bond acceptors (Lipinski definition) is 3. The molecule has 2 unspecified atom stereocenters. The highest BCUT2D eigenvalue weighted by Gasteiger charge is 2.20. The second-order valence-electron chi connectivity index (χ2n) is 5.76. The quantitative estimate of drug-likeness (QED) is 0.644. The summed E-state index contributed by atoms with van der Waals surface area (Å²) in [5.41, 5.74) is 1.05. The van der Waals surface area contributed by atoms with E-state index >= 15 is 0 Å². The standard InChI is InChI=1S/C17H26N2O3.ClH/c1-4-8-14(17(21)22)18-11-15(20)19-16(12(2)3)13-9-6-5-7-10-13;/h5-7,9-10,12,14,16,18H,4,8,11H2,1-3H3,(H,19,20)(H,21,22);1H. The van der Waals surface area contributed by atoms with Gasteiger partial charge in [-0.15, -0.1) is 12.4 Å². The van der Waals surface area contributed by atoms with Crippen LogP contribution in [0.4, 0.5) is 0 Å². The van der Waals surface area contributed by atoms with Crippen LogP contribution in [0.5, 0.6) is 0 Å². The summed E-state index contributed by atoms with van der Waals surface area (Å²) in [5.74, 6) is -0.861. The van der Waals surface area contributed by atoms with Crippen molar-refractivity contribution in [2.24, 2.45) is 5.92 Å². The first kappa shape index (κ1) is 21.4. The summed E-state index contributed by atoms with van der Waals surface area (Å²) >= 11 is 0. The molecule has 6 heteroatoms. The van der Waals surface area contributed by atoms with Crippen molar-refractivity contribution in [3.8, 4) is 0 Å². The van der Waals surface area contributed by atoms with Crippen LogP contribution in [0.3, 0.4) is 0 Å². The number of amides is 1. The molecule has 0 heterocycles. The Morgan fingerprint density at radius 3 is 2.26 bits per heavy atom. The van der Waals surface area contributed by atoms with Gasteiger partial charge < -0.3 is 10.4 Å². The molecule has 0 aromatic heterocycles. The normalized spacial score (nSPS) is 13.0. The zero-order valence-electron chi connectivity index (χ0n) is 13.9. The maximum Gasteiger partial charge on any atom is 0.320 e. The van der Waals surface area contributed by atoms with Crippen molar-refractivity contribution in [2.45, 2.75) is 45.7 Å². The Labute approximate surface area is 144 Å². The van der Waals surface area contributed by atoms with Crippen molar-refractivity contribution < 1.29 is 14.7 Å². The highest BCUT2D eigenvalue weighted by molar-refractivity contribution is 5.85. The predicted molar refractivity (Wildman–Crippen MR) is 93.7 cm³/mol. The summed E-state index contributed by atoms with van der Waals surface area (Å²) < 4.78 is 0. The summed E-state index contributed by atoms with van der Waals surface area (Å²) in [7, 11) is 0. The number of carboxylic acids is 1. The van der Waals surface area contributed by atoms with Gasteiger partial charge in [-0.1, -0.05) is 57.5 Å². The fourth-order valence-electron chi connectivity index (χ4n) is 2.34. The number of benzene rings is 1. The highest BCUT2D eigenvalue weighted by Crippen LogP contribution is 2.20. The number of rotatable bonds is 9. The van der Waals surface area contributed by atoms with Crippen LogP contribution in [0, 0.1) is 5.92 Å². The average Bonchev–Trinajstić information content (AvgIpc) is 2.49. The number of carbonyl (C=O) groups is 2. The zero-order chi connectivity index (χ0) is 16.5.